The molecule has 176 valence electrons. The van der Waals surface area contributed by atoms with Crippen LogP contribution in [0.25, 0.3) is 17.2 Å². The van der Waals surface area contributed by atoms with Crippen molar-refractivity contribution in [2.45, 2.75) is 6.92 Å². The molecule has 0 aromatic carbocycles. The van der Waals surface area contributed by atoms with Gasteiger partial charge in [0.2, 0.25) is 0 Å². The lowest BCUT2D eigenvalue weighted by Gasteiger charge is -2.27. The average molecular weight is 466 g/mol. The predicted molar refractivity (Wildman–Crippen MR) is 130 cm³/mol. The molecule has 34 heavy (non-hydrogen) atoms. The van der Waals surface area contributed by atoms with Crippen molar-refractivity contribution in [2.24, 2.45) is 7.05 Å². The Morgan fingerprint density at radius 1 is 1.12 bits per heavy atom. The molecule has 1 aliphatic heterocycles. The molecular weight excluding hydrogens is 440 g/mol. The zero-order valence-electron chi connectivity index (χ0n) is 18.9. The summed E-state index contributed by atoms with van der Waals surface area (Å²) in [5.74, 6) is 0.0492. The highest BCUT2D eigenvalue weighted by atomic mass is 19.1. The van der Waals surface area contributed by atoms with Gasteiger partial charge in [-0.25, -0.2) is 18.7 Å². The van der Waals surface area contributed by atoms with Gasteiger partial charge >= 0.3 is 0 Å². The Hall–Kier alpha value is -4.18. The lowest BCUT2D eigenvalue weighted by molar-refractivity contribution is 0.283. The van der Waals surface area contributed by atoms with Crippen LogP contribution in [0.3, 0.4) is 0 Å². The van der Waals surface area contributed by atoms with Crippen molar-refractivity contribution in [3.05, 3.63) is 78.8 Å². The highest BCUT2D eigenvalue weighted by molar-refractivity contribution is 5.89. The minimum atomic E-state index is -0.445. The largest absolute Gasteiger partial charge is 0.377 e. The van der Waals surface area contributed by atoms with Crippen LogP contribution in [-0.4, -0.2) is 37.8 Å². The topological polar surface area (TPSA) is 90.3 Å². The third-order valence-corrected chi connectivity index (χ3v) is 5.43. The maximum atomic E-state index is 14.9. The van der Waals surface area contributed by atoms with Crippen LogP contribution in [0.5, 0.6) is 0 Å². The summed E-state index contributed by atoms with van der Waals surface area (Å²) in [7, 11) is 1.76. The fourth-order valence-corrected chi connectivity index (χ4v) is 3.79. The molecule has 0 unspecified atom stereocenters. The first-order valence-corrected chi connectivity index (χ1v) is 10.5. The predicted octanol–water partition coefficient (Wildman–Crippen LogP) is 4.53. The summed E-state index contributed by atoms with van der Waals surface area (Å²) >= 11 is 0. The van der Waals surface area contributed by atoms with Gasteiger partial charge in [-0.05, 0) is 19.1 Å². The molecule has 4 rings (SSSR count). The van der Waals surface area contributed by atoms with E-state index in [0.717, 1.165) is 6.20 Å². The SMILES string of the molecule is C=C(NCO)c1cnc(Nc2ccc(F)cn2)cc1Nc1cn(C)c2c1C(=C)N(CC)C=C2F. The highest BCUT2D eigenvalue weighted by Gasteiger charge is 2.27. The number of nitrogens with one attached hydrogen (secondary N) is 3. The summed E-state index contributed by atoms with van der Waals surface area (Å²) in [5.41, 5.74) is 3.99. The van der Waals surface area contributed by atoms with Crippen molar-refractivity contribution < 1.29 is 13.9 Å². The molecule has 0 saturated heterocycles. The summed E-state index contributed by atoms with van der Waals surface area (Å²) in [5, 5.41) is 18.4. The van der Waals surface area contributed by atoms with E-state index in [9.17, 15) is 13.9 Å². The number of halogens is 2. The van der Waals surface area contributed by atoms with Gasteiger partial charge in [0.15, 0.2) is 5.83 Å². The Balaban J connectivity index is 1.75. The zero-order valence-corrected chi connectivity index (χ0v) is 18.9. The Labute approximate surface area is 196 Å². The van der Waals surface area contributed by atoms with E-state index in [1.54, 1.807) is 35.0 Å². The molecule has 8 nitrogen and oxygen atoms in total. The maximum absolute atomic E-state index is 14.9. The Bertz CT molecular complexity index is 1280. The fraction of sp³-hybridized carbons (Fsp3) is 0.167. The third-order valence-electron chi connectivity index (χ3n) is 5.43. The Kier molecular flexibility index (Phi) is 6.33. The fourth-order valence-electron chi connectivity index (χ4n) is 3.79. The smallest absolute Gasteiger partial charge is 0.163 e. The molecule has 1 aliphatic rings. The summed E-state index contributed by atoms with van der Waals surface area (Å²) in [6.45, 7) is 10.3. The molecule has 0 spiro atoms. The lowest BCUT2D eigenvalue weighted by atomic mass is 10.1. The highest BCUT2D eigenvalue weighted by Crippen LogP contribution is 2.41. The van der Waals surface area contributed by atoms with Gasteiger partial charge in [-0.2, -0.15) is 0 Å². The summed E-state index contributed by atoms with van der Waals surface area (Å²) in [6.07, 6.45) is 5.90. The molecule has 0 radical (unpaired) electrons. The number of aliphatic hydroxyl groups excluding tert-OH is 1. The number of nitrogens with zero attached hydrogens (tertiary/aromatic N) is 4. The lowest BCUT2D eigenvalue weighted by Crippen LogP contribution is -2.20. The van der Waals surface area contributed by atoms with Gasteiger partial charge in [-0.3, -0.25) is 0 Å². The maximum Gasteiger partial charge on any atom is 0.163 e. The second-order valence-electron chi connectivity index (χ2n) is 7.63. The van der Waals surface area contributed by atoms with E-state index in [1.165, 1.54) is 18.3 Å². The van der Waals surface area contributed by atoms with Crippen LogP contribution >= 0.6 is 0 Å². The minimum absolute atomic E-state index is 0.309. The Morgan fingerprint density at radius 2 is 1.88 bits per heavy atom. The van der Waals surface area contributed by atoms with Crippen LogP contribution in [0.4, 0.5) is 31.8 Å². The van der Waals surface area contributed by atoms with Crippen molar-refractivity contribution >= 4 is 40.2 Å². The normalized spacial score (nSPS) is 12.8. The first-order valence-electron chi connectivity index (χ1n) is 10.5. The second kappa shape index (κ2) is 9.36. The van der Waals surface area contributed by atoms with E-state index < -0.39 is 5.82 Å². The molecule has 4 heterocycles. The van der Waals surface area contributed by atoms with Crippen LogP contribution in [0, 0.1) is 5.82 Å². The quantitative estimate of drug-likeness (QED) is 0.364. The molecule has 0 saturated carbocycles. The number of hydrogen-bond donors (Lipinski definition) is 4. The van der Waals surface area contributed by atoms with Crippen LogP contribution in [0.2, 0.25) is 0 Å². The van der Waals surface area contributed by atoms with Gasteiger partial charge in [0.25, 0.3) is 0 Å². The minimum Gasteiger partial charge on any atom is -0.377 e. The van der Waals surface area contributed by atoms with E-state index >= 15 is 0 Å². The molecule has 0 bridgehead atoms. The Morgan fingerprint density at radius 3 is 2.56 bits per heavy atom. The van der Waals surface area contributed by atoms with Gasteiger partial charge in [0.1, 0.15) is 24.2 Å². The zero-order chi connectivity index (χ0) is 24.4. The standard InChI is InChI=1S/C24H25F2N7O/c1-5-33-11-18(26)24-23(15(33)3)20(12-32(24)4)30-19-8-22(28-10-17(19)14(2)29-13-34)31-21-7-6-16(25)9-27-21/h6-12,29,34H,2-3,5,13H2,1,4H3,(H2,27,28,30,31). The molecule has 3 aromatic heterocycles. The van der Waals surface area contributed by atoms with E-state index in [2.05, 4.69) is 39.1 Å². The summed E-state index contributed by atoms with van der Waals surface area (Å²) in [4.78, 5) is 10.1. The number of pyridine rings is 2. The molecule has 3 aromatic rings. The van der Waals surface area contributed by atoms with E-state index in [4.69, 9.17) is 0 Å². The number of hydrogen-bond acceptors (Lipinski definition) is 7. The summed E-state index contributed by atoms with van der Waals surface area (Å²) in [6, 6.07) is 4.51. The van der Waals surface area contributed by atoms with Crippen LogP contribution in [0.1, 0.15) is 23.7 Å². The van der Waals surface area contributed by atoms with Gasteiger partial charge in [-0.15, -0.1) is 0 Å². The molecule has 10 heteroatoms. The van der Waals surface area contributed by atoms with Crippen LogP contribution in [-0.2, 0) is 7.05 Å². The molecular formula is C24H25F2N7O. The number of anilines is 4. The number of rotatable bonds is 8. The molecule has 0 amide bonds. The second-order valence-corrected chi connectivity index (χ2v) is 7.63. The van der Waals surface area contributed by atoms with Crippen molar-refractivity contribution in [3.63, 3.8) is 0 Å². The van der Waals surface area contributed by atoms with Gasteiger partial charge in [-0.1, -0.05) is 13.2 Å². The van der Waals surface area contributed by atoms with E-state index in [-0.39, 0.29) is 12.6 Å². The van der Waals surface area contributed by atoms with Gasteiger partial charge < -0.3 is 30.5 Å². The van der Waals surface area contributed by atoms with Crippen molar-refractivity contribution in [3.8, 4) is 0 Å². The average Bonchev–Trinajstić information content (AvgIpc) is 3.14. The number of aliphatic hydroxyl groups is 1. The third kappa shape index (κ3) is 4.35. The number of aryl methyl sites for hydroxylation is 1. The first kappa shape index (κ1) is 23.0. The van der Waals surface area contributed by atoms with Crippen LogP contribution in [0.15, 0.2) is 56.1 Å². The van der Waals surface area contributed by atoms with Gasteiger partial charge in [0.05, 0.1) is 23.3 Å². The monoisotopic (exact) mass is 465 g/mol. The van der Waals surface area contributed by atoms with Crippen LogP contribution < -0.4 is 16.0 Å². The summed E-state index contributed by atoms with van der Waals surface area (Å²) < 4.78 is 29.8. The van der Waals surface area contributed by atoms with Crippen molar-refractivity contribution in [1.82, 2.24) is 24.8 Å². The molecule has 4 N–H and O–H groups in total. The van der Waals surface area contributed by atoms with Crippen molar-refractivity contribution in [2.75, 3.05) is 23.9 Å². The first-order chi connectivity index (χ1) is 16.3. The van der Waals surface area contributed by atoms with E-state index in [0.29, 0.717) is 57.8 Å². The molecule has 0 fully saturated rings. The van der Waals surface area contributed by atoms with Crippen molar-refractivity contribution in [1.29, 1.82) is 0 Å². The molecule has 0 aliphatic carbocycles. The number of aromatic nitrogens is 3. The van der Waals surface area contributed by atoms with E-state index in [1.807, 2.05) is 6.92 Å². The van der Waals surface area contributed by atoms with Gasteiger partial charge in [0, 0.05) is 60.8 Å². The number of fused-ring (bicyclic) bond motifs is 1. The molecule has 0 atom stereocenters.